The van der Waals surface area contributed by atoms with Crippen LogP contribution in [0.4, 0.5) is 13.2 Å². The SMILES string of the molecule is Cc1nn(-c2ccc(C(F)(F)F)cc2)cc1C(C)Cc1ccc(OC(C)(C)C(=O)O)cc1. The Balaban J connectivity index is 1.72. The highest BCUT2D eigenvalue weighted by atomic mass is 19.4. The molecular weight excluding hydrogens is 421 g/mol. The molecule has 0 aliphatic heterocycles. The lowest BCUT2D eigenvalue weighted by atomic mass is 9.94. The van der Waals surface area contributed by atoms with Crippen molar-refractivity contribution in [2.24, 2.45) is 0 Å². The first-order chi connectivity index (χ1) is 14.9. The highest BCUT2D eigenvalue weighted by Gasteiger charge is 2.30. The molecule has 0 saturated heterocycles. The first kappa shape index (κ1) is 23.4. The zero-order valence-electron chi connectivity index (χ0n) is 18.3. The van der Waals surface area contributed by atoms with Crippen LogP contribution in [0.3, 0.4) is 0 Å². The number of nitrogens with zero attached hydrogens (tertiary/aromatic N) is 2. The normalized spacial score (nSPS) is 13.1. The third-order valence-corrected chi connectivity index (χ3v) is 5.28. The number of benzene rings is 2. The second kappa shape index (κ2) is 8.68. The van der Waals surface area contributed by atoms with Gasteiger partial charge in [0.05, 0.1) is 16.9 Å². The van der Waals surface area contributed by atoms with E-state index in [1.165, 1.54) is 26.0 Å². The van der Waals surface area contributed by atoms with Gasteiger partial charge in [0.25, 0.3) is 0 Å². The maximum atomic E-state index is 12.8. The Bertz CT molecular complexity index is 1090. The summed E-state index contributed by atoms with van der Waals surface area (Å²) in [6.45, 7) is 6.90. The van der Waals surface area contributed by atoms with Gasteiger partial charge in [0, 0.05) is 6.20 Å². The van der Waals surface area contributed by atoms with Gasteiger partial charge in [0.15, 0.2) is 5.60 Å². The molecule has 1 aromatic heterocycles. The van der Waals surface area contributed by atoms with Gasteiger partial charge in [0.2, 0.25) is 0 Å². The molecule has 0 saturated carbocycles. The summed E-state index contributed by atoms with van der Waals surface area (Å²) < 4.78 is 45.5. The van der Waals surface area contributed by atoms with Crippen molar-refractivity contribution >= 4 is 5.97 Å². The molecule has 0 aliphatic carbocycles. The Hall–Kier alpha value is -3.29. The molecule has 2 aromatic carbocycles. The minimum Gasteiger partial charge on any atom is -0.478 e. The third kappa shape index (κ3) is 5.30. The zero-order valence-corrected chi connectivity index (χ0v) is 18.3. The quantitative estimate of drug-likeness (QED) is 0.499. The largest absolute Gasteiger partial charge is 0.478 e. The number of aliphatic carboxylic acids is 1. The maximum Gasteiger partial charge on any atom is 0.416 e. The Labute approximate surface area is 184 Å². The van der Waals surface area contributed by atoms with Crippen molar-refractivity contribution in [2.45, 2.75) is 51.8 Å². The Morgan fingerprint density at radius 1 is 1.09 bits per heavy atom. The number of hydrogen-bond acceptors (Lipinski definition) is 3. The molecule has 1 atom stereocenters. The van der Waals surface area contributed by atoms with E-state index in [4.69, 9.17) is 4.74 Å². The van der Waals surface area contributed by atoms with E-state index in [0.29, 0.717) is 17.9 Å². The second-order valence-corrected chi connectivity index (χ2v) is 8.33. The highest BCUT2D eigenvalue weighted by molar-refractivity contribution is 5.76. The van der Waals surface area contributed by atoms with Crippen LogP contribution in [0.15, 0.2) is 54.7 Å². The predicted molar refractivity (Wildman–Crippen MR) is 114 cm³/mol. The number of aryl methyl sites for hydroxylation is 1. The maximum absolute atomic E-state index is 12.8. The van der Waals surface area contributed by atoms with Gasteiger partial charge in [-0.2, -0.15) is 18.3 Å². The number of carboxylic acid groups (broad SMARTS) is 1. The molecule has 0 radical (unpaired) electrons. The summed E-state index contributed by atoms with van der Waals surface area (Å²) in [7, 11) is 0. The molecule has 0 amide bonds. The number of carbonyl (C=O) groups is 1. The third-order valence-electron chi connectivity index (χ3n) is 5.28. The van der Waals surface area contributed by atoms with Crippen LogP contribution in [-0.2, 0) is 17.4 Å². The van der Waals surface area contributed by atoms with Crippen LogP contribution in [0.2, 0.25) is 0 Å². The molecule has 32 heavy (non-hydrogen) atoms. The van der Waals surface area contributed by atoms with Gasteiger partial charge in [0.1, 0.15) is 5.75 Å². The average molecular weight is 446 g/mol. The van der Waals surface area contributed by atoms with Crippen molar-refractivity contribution in [3.05, 3.63) is 77.1 Å². The van der Waals surface area contributed by atoms with Gasteiger partial charge in [-0.25, -0.2) is 9.48 Å². The van der Waals surface area contributed by atoms with E-state index >= 15 is 0 Å². The van der Waals surface area contributed by atoms with Crippen LogP contribution in [-0.4, -0.2) is 26.5 Å². The molecule has 3 aromatic rings. The van der Waals surface area contributed by atoms with E-state index in [9.17, 15) is 23.1 Å². The second-order valence-electron chi connectivity index (χ2n) is 8.33. The lowest BCUT2D eigenvalue weighted by Gasteiger charge is -2.21. The first-order valence-corrected chi connectivity index (χ1v) is 10.1. The van der Waals surface area contributed by atoms with Crippen LogP contribution in [0.1, 0.15) is 49.1 Å². The van der Waals surface area contributed by atoms with Gasteiger partial charge in [-0.1, -0.05) is 19.1 Å². The first-order valence-electron chi connectivity index (χ1n) is 10.1. The van der Waals surface area contributed by atoms with Crippen molar-refractivity contribution in [3.63, 3.8) is 0 Å². The van der Waals surface area contributed by atoms with E-state index < -0.39 is 23.3 Å². The number of halogens is 3. The topological polar surface area (TPSA) is 64.4 Å². The summed E-state index contributed by atoms with van der Waals surface area (Å²) in [5.74, 6) is -0.462. The van der Waals surface area contributed by atoms with Crippen molar-refractivity contribution in [2.75, 3.05) is 0 Å². The molecule has 8 heteroatoms. The molecule has 170 valence electrons. The molecule has 1 unspecified atom stereocenters. The zero-order chi connectivity index (χ0) is 23.7. The minimum absolute atomic E-state index is 0.112. The van der Waals surface area contributed by atoms with Crippen LogP contribution in [0.25, 0.3) is 5.69 Å². The van der Waals surface area contributed by atoms with Gasteiger partial charge in [-0.15, -0.1) is 0 Å². The van der Waals surface area contributed by atoms with E-state index in [1.807, 2.05) is 25.3 Å². The van der Waals surface area contributed by atoms with E-state index in [1.54, 1.807) is 16.8 Å². The molecule has 0 bridgehead atoms. The standard InChI is InChI=1S/C24H25F3N2O3/c1-15(13-17-5-11-20(12-6-17)32-23(3,4)22(30)31)21-14-29(28-16(21)2)19-9-7-18(8-10-19)24(25,26)27/h5-12,14-15H,13H2,1-4H3,(H,30,31). The summed E-state index contributed by atoms with van der Waals surface area (Å²) in [4.78, 5) is 11.2. The number of carboxylic acids is 1. The Kier molecular flexibility index (Phi) is 6.34. The number of alkyl halides is 3. The highest BCUT2D eigenvalue weighted by Crippen LogP contribution is 2.30. The number of ether oxygens (including phenoxy) is 1. The smallest absolute Gasteiger partial charge is 0.416 e. The van der Waals surface area contributed by atoms with E-state index in [2.05, 4.69) is 12.0 Å². The lowest BCUT2D eigenvalue weighted by molar-refractivity contribution is -0.152. The van der Waals surface area contributed by atoms with Crippen molar-refractivity contribution < 1.29 is 27.8 Å². The Morgan fingerprint density at radius 3 is 2.22 bits per heavy atom. The van der Waals surface area contributed by atoms with Crippen LogP contribution >= 0.6 is 0 Å². The van der Waals surface area contributed by atoms with Crippen molar-refractivity contribution in [3.8, 4) is 11.4 Å². The fourth-order valence-electron chi connectivity index (χ4n) is 3.39. The van der Waals surface area contributed by atoms with E-state index in [0.717, 1.165) is 29.0 Å². The predicted octanol–water partition coefficient (Wildman–Crippen LogP) is 5.79. The molecular formula is C24H25F3N2O3. The minimum atomic E-state index is -4.37. The van der Waals surface area contributed by atoms with Gasteiger partial charge in [-0.3, -0.25) is 0 Å². The summed E-state index contributed by atoms with van der Waals surface area (Å²) in [5.41, 5.74) is 1.39. The summed E-state index contributed by atoms with van der Waals surface area (Å²) in [6, 6.07) is 12.2. The monoisotopic (exact) mass is 446 g/mol. The molecule has 5 nitrogen and oxygen atoms in total. The summed E-state index contributed by atoms with van der Waals surface area (Å²) in [6.07, 6.45) is -1.82. The van der Waals surface area contributed by atoms with Crippen LogP contribution < -0.4 is 4.74 Å². The fraction of sp³-hybridized carbons (Fsp3) is 0.333. The number of hydrogen-bond donors (Lipinski definition) is 1. The summed E-state index contributed by atoms with van der Waals surface area (Å²) in [5, 5.41) is 13.6. The van der Waals surface area contributed by atoms with E-state index in [-0.39, 0.29) is 5.92 Å². The van der Waals surface area contributed by atoms with Gasteiger partial charge >= 0.3 is 12.1 Å². The van der Waals surface area contributed by atoms with Crippen molar-refractivity contribution in [1.29, 1.82) is 0 Å². The fourth-order valence-corrected chi connectivity index (χ4v) is 3.39. The van der Waals surface area contributed by atoms with Gasteiger partial charge in [-0.05, 0) is 80.6 Å². The molecule has 0 fully saturated rings. The number of aromatic nitrogens is 2. The summed E-state index contributed by atoms with van der Waals surface area (Å²) >= 11 is 0. The Morgan fingerprint density at radius 2 is 1.69 bits per heavy atom. The lowest BCUT2D eigenvalue weighted by Crippen LogP contribution is -2.37. The number of rotatable bonds is 7. The van der Waals surface area contributed by atoms with Crippen LogP contribution in [0.5, 0.6) is 5.75 Å². The van der Waals surface area contributed by atoms with Crippen molar-refractivity contribution in [1.82, 2.24) is 9.78 Å². The molecule has 0 aliphatic rings. The molecule has 0 spiro atoms. The molecule has 1 heterocycles. The van der Waals surface area contributed by atoms with Crippen LogP contribution in [0, 0.1) is 6.92 Å². The average Bonchev–Trinajstić information content (AvgIpc) is 3.10. The molecule has 1 N–H and O–H groups in total. The molecule has 3 rings (SSSR count). The van der Waals surface area contributed by atoms with Gasteiger partial charge < -0.3 is 9.84 Å².